The van der Waals surface area contributed by atoms with Gasteiger partial charge in [0.1, 0.15) is 11.3 Å². The fourth-order valence-electron chi connectivity index (χ4n) is 1.87. The maximum Gasteiger partial charge on any atom is 0.159 e. The van der Waals surface area contributed by atoms with Crippen LogP contribution in [0.3, 0.4) is 0 Å². The minimum absolute atomic E-state index is 0.0922. The molecule has 1 rings (SSSR count). The van der Waals surface area contributed by atoms with E-state index in [0.717, 1.165) is 15.7 Å². The highest BCUT2D eigenvalue weighted by atomic mass is 127. The fourth-order valence-corrected chi connectivity index (χ4v) is 2.53. The summed E-state index contributed by atoms with van der Waals surface area (Å²) in [6.07, 6.45) is 0.815. The van der Waals surface area contributed by atoms with Gasteiger partial charge in [-0.2, -0.15) is 0 Å². The summed E-state index contributed by atoms with van der Waals surface area (Å²) in [6.45, 7) is 11.2. The Morgan fingerprint density at radius 2 is 1.84 bits per heavy atom. The van der Waals surface area contributed by atoms with E-state index in [1.807, 2.05) is 6.92 Å². The number of nitrogens with zero attached hydrogens (tertiary/aromatic N) is 2. The molecule has 19 heavy (non-hydrogen) atoms. The molecule has 3 nitrogen and oxygen atoms in total. The molecule has 0 fully saturated rings. The van der Waals surface area contributed by atoms with Crippen LogP contribution in [0.2, 0.25) is 5.15 Å². The summed E-state index contributed by atoms with van der Waals surface area (Å²) in [6, 6.07) is 0. The molecule has 0 saturated heterocycles. The average Bonchev–Trinajstić information content (AvgIpc) is 2.30. The Labute approximate surface area is 134 Å². The van der Waals surface area contributed by atoms with E-state index in [1.165, 1.54) is 0 Å². The first-order valence-corrected chi connectivity index (χ1v) is 8.15. The van der Waals surface area contributed by atoms with Gasteiger partial charge in [-0.3, -0.25) is 0 Å². The van der Waals surface area contributed by atoms with Gasteiger partial charge in [-0.25, -0.2) is 9.97 Å². The molecule has 0 aromatic carbocycles. The first-order chi connectivity index (χ1) is 8.86. The van der Waals surface area contributed by atoms with Crippen LogP contribution in [-0.2, 0) is 11.2 Å². The van der Waals surface area contributed by atoms with Gasteiger partial charge in [-0.05, 0) is 47.8 Å². The van der Waals surface area contributed by atoms with E-state index in [2.05, 4.69) is 60.3 Å². The van der Waals surface area contributed by atoms with Crippen LogP contribution in [0.4, 0.5) is 0 Å². The van der Waals surface area contributed by atoms with Crippen molar-refractivity contribution in [1.29, 1.82) is 0 Å². The molecule has 5 heteroatoms. The Morgan fingerprint density at radius 1 is 1.21 bits per heavy atom. The highest BCUT2D eigenvalue weighted by molar-refractivity contribution is 14.1. The zero-order chi connectivity index (χ0) is 14.6. The van der Waals surface area contributed by atoms with Crippen LogP contribution >= 0.6 is 34.2 Å². The zero-order valence-corrected chi connectivity index (χ0v) is 15.1. The lowest BCUT2D eigenvalue weighted by atomic mass is 10.1. The van der Waals surface area contributed by atoms with Gasteiger partial charge in [0.15, 0.2) is 5.82 Å². The molecule has 0 aliphatic carbocycles. The topological polar surface area (TPSA) is 35.0 Å². The highest BCUT2D eigenvalue weighted by Crippen LogP contribution is 2.28. The third-order valence-corrected chi connectivity index (χ3v) is 4.43. The summed E-state index contributed by atoms with van der Waals surface area (Å²) in [4.78, 5) is 9.09. The first-order valence-electron chi connectivity index (χ1n) is 6.70. The van der Waals surface area contributed by atoms with Gasteiger partial charge in [0.25, 0.3) is 0 Å². The molecule has 1 heterocycles. The largest absolute Gasteiger partial charge is 0.370 e. The summed E-state index contributed by atoms with van der Waals surface area (Å²) in [5.41, 5.74) is 1.02. The summed E-state index contributed by atoms with van der Waals surface area (Å²) in [5, 5.41) is 0.534. The smallest absolute Gasteiger partial charge is 0.159 e. The zero-order valence-electron chi connectivity index (χ0n) is 12.2. The molecule has 108 valence electrons. The third kappa shape index (κ3) is 4.83. The normalized spacial score (nSPS) is 13.3. The van der Waals surface area contributed by atoms with Crippen LogP contribution in [0.15, 0.2) is 0 Å². The maximum absolute atomic E-state index is 6.24. The first kappa shape index (κ1) is 17.1. The monoisotopic (exact) mass is 396 g/mol. The second-order valence-electron chi connectivity index (χ2n) is 5.35. The van der Waals surface area contributed by atoms with Gasteiger partial charge in [0.05, 0.1) is 9.26 Å². The van der Waals surface area contributed by atoms with Gasteiger partial charge in [0, 0.05) is 6.61 Å². The van der Waals surface area contributed by atoms with E-state index < -0.39 is 0 Å². The molecule has 0 aliphatic heterocycles. The van der Waals surface area contributed by atoms with Crippen LogP contribution in [0.1, 0.15) is 52.2 Å². The lowest BCUT2D eigenvalue weighted by Crippen LogP contribution is -2.17. The molecule has 1 aromatic rings. The van der Waals surface area contributed by atoms with E-state index in [0.29, 0.717) is 29.4 Å². The minimum Gasteiger partial charge on any atom is -0.370 e. The molecular formula is C14H22ClIN2O. The average molecular weight is 397 g/mol. The van der Waals surface area contributed by atoms with Gasteiger partial charge >= 0.3 is 0 Å². The van der Waals surface area contributed by atoms with E-state index in [1.54, 1.807) is 0 Å². The van der Waals surface area contributed by atoms with Crippen molar-refractivity contribution in [2.24, 2.45) is 11.8 Å². The minimum atomic E-state index is -0.0922. The number of rotatable bonds is 6. The number of hydrogen-bond donors (Lipinski definition) is 0. The molecule has 0 radical (unpaired) electrons. The van der Waals surface area contributed by atoms with Gasteiger partial charge in [0.2, 0.25) is 0 Å². The summed E-state index contributed by atoms with van der Waals surface area (Å²) in [5.74, 6) is 1.57. The lowest BCUT2D eigenvalue weighted by Gasteiger charge is -2.21. The molecule has 0 amide bonds. The Bertz CT molecular complexity index is 424. The number of ether oxygens (including phenoxy) is 1. The van der Waals surface area contributed by atoms with E-state index in [9.17, 15) is 0 Å². The molecule has 1 unspecified atom stereocenters. The van der Waals surface area contributed by atoms with E-state index >= 15 is 0 Å². The molecule has 1 aromatic heterocycles. The van der Waals surface area contributed by atoms with Crippen molar-refractivity contribution in [2.45, 2.75) is 47.1 Å². The van der Waals surface area contributed by atoms with Crippen molar-refractivity contribution in [3.8, 4) is 0 Å². The molecule has 1 atom stereocenters. The number of halogens is 2. The lowest BCUT2D eigenvalue weighted by molar-refractivity contribution is 0.0230. The van der Waals surface area contributed by atoms with Crippen molar-refractivity contribution in [2.75, 3.05) is 6.61 Å². The SMILES string of the molecule is CCOC(c1nc(Cl)c(I)c(CC(C)C)n1)C(C)C. The Kier molecular flexibility index (Phi) is 6.97. The molecule has 0 aliphatic rings. The summed E-state index contributed by atoms with van der Waals surface area (Å²) in [7, 11) is 0. The van der Waals surface area contributed by atoms with Crippen molar-refractivity contribution in [3.63, 3.8) is 0 Å². The summed E-state index contributed by atoms with van der Waals surface area (Å²) >= 11 is 8.46. The fraction of sp³-hybridized carbons (Fsp3) is 0.714. The van der Waals surface area contributed by atoms with Crippen LogP contribution in [-0.4, -0.2) is 16.6 Å². The Balaban J connectivity index is 3.16. The van der Waals surface area contributed by atoms with E-state index in [4.69, 9.17) is 16.3 Å². The molecule has 0 bridgehead atoms. The van der Waals surface area contributed by atoms with Gasteiger partial charge in [-0.15, -0.1) is 0 Å². The number of aromatic nitrogens is 2. The third-order valence-electron chi connectivity index (χ3n) is 2.70. The molecule has 0 saturated carbocycles. The molecular weight excluding hydrogens is 375 g/mol. The Hall–Kier alpha value is 0.0600. The second kappa shape index (κ2) is 7.74. The van der Waals surface area contributed by atoms with Crippen molar-refractivity contribution < 1.29 is 4.74 Å². The molecule has 0 N–H and O–H groups in total. The van der Waals surface area contributed by atoms with Crippen LogP contribution in [0.25, 0.3) is 0 Å². The second-order valence-corrected chi connectivity index (χ2v) is 6.79. The highest BCUT2D eigenvalue weighted by Gasteiger charge is 2.22. The van der Waals surface area contributed by atoms with Crippen molar-refractivity contribution in [1.82, 2.24) is 9.97 Å². The maximum atomic E-state index is 6.24. The molecule has 0 spiro atoms. The number of hydrogen-bond acceptors (Lipinski definition) is 3. The van der Waals surface area contributed by atoms with Crippen molar-refractivity contribution >= 4 is 34.2 Å². The van der Waals surface area contributed by atoms with E-state index in [-0.39, 0.29) is 6.10 Å². The Morgan fingerprint density at radius 3 is 2.32 bits per heavy atom. The predicted molar refractivity (Wildman–Crippen MR) is 87.5 cm³/mol. The predicted octanol–water partition coefficient (Wildman–Crippen LogP) is 4.67. The van der Waals surface area contributed by atoms with Gasteiger partial charge < -0.3 is 4.74 Å². The standard InChI is InChI=1S/C14H22ClIN2O/c1-6-19-12(9(4)5)14-17-10(7-8(2)3)11(16)13(15)18-14/h8-9,12H,6-7H2,1-5H3. The summed E-state index contributed by atoms with van der Waals surface area (Å²) < 4.78 is 6.71. The van der Waals surface area contributed by atoms with Crippen LogP contribution in [0, 0.1) is 15.4 Å². The van der Waals surface area contributed by atoms with Crippen LogP contribution in [0.5, 0.6) is 0 Å². The van der Waals surface area contributed by atoms with Crippen molar-refractivity contribution in [3.05, 3.63) is 20.2 Å². The van der Waals surface area contributed by atoms with Gasteiger partial charge in [-0.1, -0.05) is 39.3 Å². The quantitative estimate of drug-likeness (QED) is 0.518. The van der Waals surface area contributed by atoms with Crippen LogP contribution < -0.4 is 0 Å².